The van der Waals surface area contributed by atoms with Gasteiger partial charge in [0.25, 0.3) is 0 Å². The maximum atomic E-state index is 11.9. The molecule has 0 bridgehead atoms. The van der Waals surface area contributed by atoms with Gasteiger partial charge in [-0.2, -0.15) is 0 Å². The van der Waals surface area contributed by atoms with E-state index in [1.807, 2.05) is 0 Å². The van der Waals surface area contributed by atoms with Gasteiger partial charge in [0, 0.05) is 6.20 Å². The number of anilines is 1. The van der Waals surface area contributed by atoms with Gasteiger partial charge in [0.15, 0.2) is 17.5 Å². The molecule has 0 aliphatic heterocycles. The lowest BCUT2D eigenvalue weighted by atomic mass is 10.3. The second-order valence-corrected chi connectivity index (χ2v) is 4.99. The first-order valence-corrected chi connectivity index (χ1v) is 6.69. The number of hydrogen-bond acceptors (Lipinski definition) is 5. The van der Waals surface area contributed by atoms with Crippen LogP contribution in [0.1, 0.15) is 21.0 Å². The van der Waals surface area contributed by atoms with Crippen molar-refractivity contribution in [2.75, 3.05) is 12.3 Å². The fraction of sp³-hybridized carbons (Fsp3) is 0.0833. The van der Waals surface area contributed by atoms with Gasteiger partial charge in [0.2, 0.25) is 5.78 Å². The molecule has 6 nitrogen and oxygen atoms in total. The number of Topliss-reactive ketones (excluding diaryl/α,β-unsaturated/α-hetero) is 1. The Bertz CT molecular complexity index is 702. The summed E-state index contributed by atoms with van der Waals surface area (Å²) in [6.45, 7) is -0.475. The molecule has 0 unspecified atom stereocenters. The number of nitrogen functional groups attached to an aromatic ring is 1. The number of H-pyrrole nitrogens is 1. The molecule has 0 radical (unpaired) electrons. The first-order chi connectivity index (χ1) is 9.91. The molecule has 110 valence electrons. The smallest absolute Gasteiger partial charge is 0.359 e. The van der Waals surface area contributed by atoms with Gasteiger partial charge >= 0.3 is 5.97 Å². The predicted octanol–water partition coefficient (Wildman–Crippen LogP) is 2.99. The highest BCUT2D eigenvalue weighted by atomic mass is 35.5. The van der Waals surface area contributed by atoms with Crippen molar-refractivity contribution in [2.45, 2.75) is 0 Å². The lowest BCUT2D eigenvalue weighted by Crippen LogP contribution is -2.16. The van der Waals surface area contributed by atoms with Crippen molar-refractivity contribution >= 4 is 52.2 Å². The summed E-state index contributed by atoms with van der Waals surface area (Å²) in [5, 5.41) is -0.413. The Labute approximate surface area is 134 Å². The molecule has 0 saturated carbocycles. The van der Waals surface area contributed by atoms with Crippen LogP contribution in [0.25, 0.3) is 0 Å². The van der Waals surface area contributed by atoms with Crippen LogP contribution >= 0.6 is 34.8 Å². The second kappa shape index (κ2) is 6.34. The zero-order chi connectivity index (χ0) is 15.6. The highest BCUT2D eigenvalue weighted by Gasteiger charge is 2.22. The first kappa shape index (κ1) is 15.6. The summed E-state index contributed by atoms with van der Waals surface area (Å²) in [6.07, 6.45) is 1.58. The van der Waals surface area contributed by atoms with Crippen LogP contribution in [0.15, 0.2) is 18.3 Å². The molecule has 0 amide bonds. The van der Waals surface area contributed by atoms with E-state index in [0.29, 0.717) is 5.69 Å². The number of nitrogens with two attached hydrogens (primary N) is 1. The molecule has 0 atom stereocenters. The van der Waals surface area contributed by atoms with Crippen molar-refractivity contribution in [3.63, 3.8) is 0 Å². The minimum absolute atomic E-state index is 0.0549. The van der Waals surface area contributed by atoms with Crippen LogP contribution in [0, 0.1) is 0 Å². The van der Waals surface area contributed by atoms with E-state index in [9.17, 15) is 9.59 Å². The largest absolute Gasteiger partial charge is 0.452 e. The van der Waals surface area contributed by atoms with E-state index >= 15 is 0 Å². The quantitative estimate of drug-likeness (QED) is 0.503. The maximum absolute atomic E-state index is 11.9. The summed E-state index contributed by atoms with van der Waals surface area (Å²) in [7, 11) is 0. The van der Waals surface area contributed by atoms with Crippen LogP contribution in [0.3, 0.4) is 0 Å². The van der Waals surface area contributed by atoms with Crippen molar-refractivity contribution in [1.29, 1.82) is 0 Å². The normalized spacial score (nSPS) is 10.4. The Hall–Kier alpha value is -1.76. The van der Waals surface area contributed by atoms with Gasteiger partial charge in [-0.15, -0.1) is 0 Å². The number of aromatic nitrogens is 2. The molecule has 0 aliphatic carbocycles. The number of carbonyl (C=O) groups excluding carboxylic acids is 2. The number of nitrogens with one attached hydrogen (secondary N) is 1. The molecular weight excluding hydrogens is 341 g/mol. The average molecular weight is 349 g/mol. The Balaban J connectivity index is 2.13. The van der Waals surface area contributed by atoms with Crippen LogP contribution < -0.4 is 5.73 Å². The molecule has 2 rings (SSSR count). The number of pyridine rings is 1. The summed E-state index contributed by atoms with van der Waals surface area (Å²) in [6, 6.07) is 3.20. The van der Waals surface area contributed by atoms with Gasteiger partial charge in [-0.25, -0.2) is 9.78 Å². The second-order valence-electron chi connectivity index (χ2n) is 3.88. The van der Waals surface area contributed by atoms with E-state index in [4.69, 9.17) is 45.3 Å². The van der Waals surface area contributed by atoms with Crippen molar-refractivity contribution in [2.24, 2.45) is 0 Å². The SMILES string of the molecule is Nc1c(Cl)c(Cl)nc(C(=O)OCC(=O)c2ccc[nH]2)c1Cl. The number of nitrogens with zero attached hydrogens (tertiary/aromatic N) is 1. The molecule has 3 N–H and O–H groups in total. The van der Waals surface area contributed by atoms with Crippen molar-refractivity contribution in [1.82, 2.24) is 9.97 Å². The molecule has 2 aromatic rings. The minimum atomic E-state index is -0.926. The summed E-state index contributed by atoms with van der Waals surface area (Å²) in [4.78, 5) is 29.9. The van der Waals surface area contributed by atoms with E-state index in [2.05, 4.69) is 9.97 Å². The zero-order valence-corrected chi connectivity index (χ0v) is 12.6. The predicted molar refractivity (Wildman–Crippen MR) is 79.1 cm³/mol. The van der Waals surface area contributed by atoms with E-state index < -0.39 is 18.4 Å². The Morgan fingerprint density at radius 2 is 2.00 bits per heavy atom. The Morgan fingerprint density at radius 3 is 2.62 bits per heavy atom. The number of rotatable bonds is 4. The van der Waals surface area contributed by atoms with E-state index in [0.717, 1.165) is 0 Å². The number of halogens is 3. The van der Waals surface area contributed by atoms with E-state index in [1.54, 1.807) is 18.3 Å². The fourth-order valence-electron chi connectivity index (χ4n) is 1.45. The molecule has 9 heteroatoms. The van der Waals surface area contributed by atoms with Gasteiger partial charge in [-0.05, 0) is 12.1 Å². The van der Waals surface area contributed by atoms with Gasteiger partial charge < -0.3 is 15.5 Å². The van der Waals surface area contributed by atoms with E-state index in [-0.39, 0.29) is 26.6 Å². The molecule has 0 fully saturated rings. The number of ketones is 1. The molecule has 0 aromatic carbocycles. The van der Waals surface area contributed by atoms with Crippen molar-refractivity contribution < 1.29 is 14.3 Å². The number of esters is 1. The Kier molecular flexibility index (Phi) is 4.72. The molecule has 2 aromatic heterocycles. The van der Waals surface area contributed by atoms with Crippen LogP contribution in [0.4, 0.5) is 5.69 Å². The topological polar surface area (TPSA) is 98.1 Å². The highest BCUT2D eigenvalue weighted by Crippen LogP contribution is 2.34. The maximum Gasteiger partial charge on any atom is 0.359 e. The number of aromatic amines is 1. The standard InChI is InChI=1S/C12H8Cl3N3O3/c13-7-9(16)8(14)11(15)18-10(7)12(20)21-4-6(19)5-2-1-3-17-5/h1-3,17H,4H2,(H2,16,18). The molecular formula is C12H8Cl3N3O3. The van der Waals surface area contributed by atoms with Gasteiger partial charge in [0.05, 0.1) is 16.4 Å². The fourth-order valence-corrected chi connectivity index (χ4v) is 2.03. The molecule has 0 saturated heterocycles. The number of ether oxygens (including phenoxy) is 1. The number of carbonyl (C=O) groups is 2. The van der Waals surface area contributed by atoms with Gasteiger partial charge in [-0.1, -0.05) is 34.8 Å². The minimum Gasteiger partial charge on any atom is -0.452 e. The molecule has 2 heterocycles. The van der Waals surface area contributed by atoms with Crippen molar-refractivity contribution in [3.8, 4) is 0 Å². The van der Waals surface area contributed by atoms with Gasteiger partial charge in [0.1, 0.15) is 5.02 Å². The Morgan fingerprint density at radius 1 is 1.29 bits per heavy atom. The summed E-state index contributed by atoms with van der Waals surface area (Å²) >= 11 is 17.3. The monoisotopic (exact) mass is 347 g/mol. The van der Waals surface area contributed by atoms with Crippen LogP contribution in [-0.4, -0.2) is 28.3 Å². The summed E-state index contributed by atoms with van der Waals surface area (Å²) in [5.74, 6) is -1.33. The van der Waals surface area contributed by atoms with Crippen LogP contribution in [0.2, 0.25) is 15.2 Å². The third-order valence-corrected chi connectivity index (χ3v) is 3.63. The van der Waals surface area contributed by atoms with Crippen molar-refractivity contribution in [3.05, 3.63) is 44.9 Å². The zero-order valence-electron chi connectivity index (χ0n) is 10.3. The molecule has 0 aliphatic rings. The van der Waals surface area contributed by atoms with Crippen LogP contribution in [0.5, 0.6) is 0 Å². The average Bonchev–Trinajstić information content (AvgIpc) is 3.00. The summed E-state index contributed by atoms with van der Waals surface area (Å²) < 4.78 is 4.83. The third-order valence-electron chi connectivity index (χ3n) is 2.50. The van der Waals surface area contributed by atoms with E-state index in [1.165, 1.54) is 0 Å². The summed E-state index contributed by atoms with van der Waals surface area (Å²) in [5.41, 5.74) is 5.52. The van der Waals surface area contributed by atoms with Gasteiger partial charge in [-0.3, -0.25) is 4.79 Å². The first-order valence-electron chi connectivity index (χ1n) is 5.55. The highest BCUT2D eigenvalue weighted by molar-refractivity contribution is 6.46. The molecule has 0 spiro atoms. The lowest BCUT2D eigenvalue weighted by molar-refractivity contribution is 0.0468. The lowest BCUT2D eigenvalue weighted by Gasteiger charge is -2.08. The van der Waals surface area contributed by atoms with Crippen LogP contribution in [-0.2, 0) is 4.74 Å². The third kappa shape index (κ3) is 3.29. The molecule has 21 heavy (non-hydrogen) atoms. The number of hydrogen-bond donors (Lipinski definition) is 2.